The molecule has 0 aliphatic carbocycles. The van der Waals surface area contributed by atoms with Crippen molar-refractivity contribution >= 4 is 5.95 Å². The summed E-state index contributed by atoms with van der Waals surface area (Å²) in [6.07, 6.45) is 0.319. The maximum absolute atomic E-state index is 13.3. The molecule has 2 atom stereocenters. The van der Waals surface area contributed by atoms with Gasteiger partial charge in [-0.05, 0) is 25.5 Å². The number of hydrogen-bond donors (Lipinski definition) is 2. The highest BCUT2D eigenvalue weighted by molar-refractivity contribution is 5.60. The van der Waals surface area contributed by atoms with E-state index in [1.807, 2.05) is 0 Å². The van der Waals surface area contributed by atoms with Crippen LogP contribution in [0.1, 0.15) is 24.6 Å². The monoisotopic (exact) mass is 368 g/mol. The van der Waals surface area contributed by atoms with Crippen molar-refractivity contribution in [3.8, 4) is 11.3 Å². The van der Waals surface area contributed by atoms with Crippen molar-refractivity contribution in [3.05, 3.63) is 24.2 Å². The van der Waals surface area contributed by atoms with E-state index in [4.69, 9.17) is 0 Å². The van der Waals surface area contributed by atoms with Crippen LogP contribution in [-0.4, -0.2) is 57.1 Å². The quantitative estimate of drug-likeness (QED) is 0.851. The summed E-state index contributed by atoms with van der Waals surface area (Å²) < 4.78 is 41.6. The molecule has 0 amide bonds. The molecule has 2 N–H and O–H groups in total. The number of nitrogens with zero attached hydrogens (tertiary/aromatic N) is 5. The molecule has 4 heterocycles. The number of anilines is 1. The third-order valence-corrected chi connectivity index (χ3v) is 4.92. The summed E-state index contributed by atoms with van der Waals surface area (Å²) in [5, 5.41) is 16.8. The third kappa shape index (κ3) is 3.14. The molecule has 0 radical (unpaired) electrons. The molecule has 0 bridgehead atoms. The second-order valence-electron chi connectivity index (χ2n) is 6.61. The molecule has 0 saturated carbocycles. The first-order valence-corrected chi connectivity index (χ1v) is 8.55. The molecule has 1 unspecified atom stereocenters. The lowest BCUT2D eigenvalue weighted by Gasteiger charge is -2.40. The summed E-state index contributed by atoms with van der Waals surface area (Å²) in [5.41, 5.74) is -0.286. The predicted octanol–water partition coefficient (Wildman–Crippen LogP) is 1.46. The normalized spacial score (nSPS) is 23.3. The van der Waals surface area contributed by atoms with E-state index in [0.29, 0.717) is 18.5 Å². The number of aliphatic hydroxyl groups excluding tert-OH is 1. The van der Waals surface area contributed by atoms with Crippen molar-refractivity contribution < 1.29 is 18.3 Å². The number of alkyl halides is 3. The molecule has 0 aromatic carbocycles. The molecule has 2 saturated heterocycles. The van der Waals surface area contributed by atoms with Crippen molar-refractivity contribution in [2.75, 3.05) is 31.1 Å². The molecular weight excluding hydrogens is 349 g/mol. The Morgan fingerprint density at radius 3 is 2.73 bits per heavy atom. The average molecular weight is 368 g/mol. The molecule has 4 rings (SSSR count). The minimum atomic E-state index is -4.57. The number of aromatic nitrogens is 4. The van der Waals surface area contributed by atoms with E-state index in [9.17, 15) is 18.3 Å². The summed E-state index contributed by atoms with van der Waals surface area (Å²) in [7, 11) is 0. The van der Waals surface area contributed by atoms with Gasteiger partial charge in [0, 0.05) is 24.8 Å². The Labute approximate surface area is 147 Å². The Kier molecular flexibility index (Phi) is 4.31. The summed E-state index contributed by atoms with van der Waals surface area (Å²) in [6, 6.07) is 0.908. The van der Waals surface area contributed by atoms with E-state index in [2.05, 4.69) is 20.4 Å². The Morgan fingerprint density at radius 1 is 1.27 bits per heavy atom. The average Bonchev–Trinajstić information content (AvgIpc) is 3.24. The standard InChI is InChI=1S/C16H19F3N6O/c17-16(18,19)14-5-13(22-15(23-14)24-4-2-12(24)9-26)10-6-21-25(8-10)11-1-3-20-7-11/h5-6,8,11-12,20,26H,1-4,7,9H2/t11-,12?/m1/s1. The fraction of sp³-hybridized carbons (Fsp3) is 0.562. The van der Waals surface area contributed by atoms with Gasteiger partial charge in [0.25, 0.3) is 0 Å². The lowest BCUT2D eigenvalue weighted by atomic mass is 10.1. The van der Waals surface area contributed by atoms with Gasteiger partial charge in [-0.1, -0.05) is 0 Å². The number of aliphatic hydroxyl groups is 1. The largest absolute Gasteiger partial charge is 0.433 e. The first kappa shape index (κ1) is 17.2. The van der Waals surface area contributed by atoms with E-state index >= 15 is 0 Å². The van der Waals surface area contributed by atoms with E-state index in [-0.39, 0.29) is 30.3 Å². The van der Waals surface area contributed by atoms with Crippen LogP contribution in [0.4, 0.5) is 19.1 Å². The maximum atomic E-state index is 13.3. The lowest BCUT2D eigenvalue weighted by molar-refractivity contribution is -0.141. The van der Waals surface area contributed by atoms with E-state index in [0.717, 1.165) is 25.6 Å². The van der Waals surface area contributed by atoms with Crippen LogP contribution in [0.2, 0.25) is 0 Å². The second-order valence-corrected chi connectivity index (χ2v) is 6.61. The molecule has 2 fully saturated rings. The van der Waals surface area contributed by atoms with Crippen LogP contribution in [0, 0.1) is 0 Å². The predicted molar refractivity (Wildman–Crippen MR) is 87.6 cm³/mol. The van der Waals surface area contributed by atoms with Crippen LogP contribution in [0.25, 0.3) is 11.3 Å². The van der Waals surface area contributed by atoms with Gasteiger partial charge in [-0.25, -0.2) is 9.97 Å². The molecule has 140 valence electrons. The van der Waals surface area contributed by atoms with Crippen LogP contribution < -0.4 is 10.2 Å². The molecule has 2 aromatic heterocycles. The minimum Gasteiger partial charge on any atom is -0.394 e. The highest BCUT2D eigenvalue weighted by atomic mass is 19.4. The van der Waals surface area contributed by atoms with E-state index in [1.54, 1.807) is 15.8 Å². The molecule has 0 spiro atoms. The number of halogens is 3. The summed E-state index contributed by atoms with van der Waals surface area (Å²) in [6.45, 7) is 2.07. The van der Waals surface area contributed by atoms with Crippen molar-refractivity contribution in [1.29, 1.82) is 0 Å². The highest BCUT2D eigenvalue weighted by Gasteiger charge is 2.36. The Bertz CT molecular complexity index is 785. The van der Waals surface area contributed by atoms with Crippen LogP contribution in [0.5, 0.6) is 0 Å². The van der Waals surface area contributed by atoms with Crippen molar-refractivity contribution in [2.24, 2.45) is 0 Å². The molecule has 7 nitrogen and oxygen atoms in total. The van der Waals surface area contributed by atoms with Crippen molar-refractivity contribution in [3.63, 3.8) is 0 Å². The molecule has 10 heteroatoms. The fourth-order valence-corrected chi connectivity index (χ4v) is 3.29. The maximum Gasteiger partial charge on any atom is 0.433 e. The zero-order valence-electron chi connectivity index (χ0n) is 13.9. The number of hydrogen-bond acceptors (Lipinski definition) is 6. The van der Waals surface area contributed by atoms with Gasteiger partial charge < -0.3 is 15.3 Å². The smallest absolute Gasteiger partial charge is 0.394 e. The zero-order valence-corrected chi connectivity index (χ0v) is 13.9. The Balaban J connectivity index is 1.70. The zero-order chi connectivity index (χ0) is 18.3. The second kappa shape index (κ2) is 6.51. The minimum absolute atomic E-state index is 0.00425. The van der Waals surface area contributed by atoms with Crippen LogP contribution in [-0.2, 0) is 6.18 Å². The number of nitrogens with one attached hydrogen (secondary N) is 1. The summed E-state index contributed by atoms with van der Waals surface area (Å²) in [4.78, 5) is 9.59. The Morgan fingerprint density at radius 2 is 2.12 bits per heavy atom. The van der Waals surface area contributed by atoms with Crippen LogP contribution in [0.3, 0.4) is 0 Å². The molecule has 2 aromatic rings. The van der Waals surface area contributed by atoms with Gasteiger partial charge in [-0.15, -0.1) is 0 Å². The fourth-order valence-electron chi connectivity index (χ4n) is 3.29. The molecule has 2 aliphatic rings. The van der Waals surface area contributed by atoms with Gasteiger partial charge in [-0.3, -0.25) is 4.68 Å². The number of rotatable bonds is 4. The SMILES string of the molecule is OCC1CCN1c1nc(-c2cnn([C@@H]3CCNC3)c2)cc(C(F)(F)F)n1. The van der Waals surface area contributed by atoms with Gasteiger partial charge in [0.05, 0.1) is 30.6 Å². The van der Waals surface area contributed by atoms with Gasteiger partial charge in [0.1, 0.15) is 0 Å². The van der Waals surface area contributed by atoms with Gasteiger partial charge in [0.2, 0.25) is 5.95 Å². The van der Waals surface area contributed by atoms with E-state index < -0.39 is 11.9 Å². The van der Waals surface area contributed by atoms with Crippen LogP contribution in [0.15, 0.2) is 18.5 Å². The summed E-state index contributed by atoms with van der Waals surface area (Å²) >= 11 is 0. The topological polar surface area (TPSA) is 79.1 Å². The van der Waals surface area contributed by atoms with Crippen molar-refractivity contribution in [1.82, 2.24) is 25.1 Å². The highest BCUT2D eigenvalue weighted by Crippen LogP contribution is 2.33. The Hall–Kier alpha value is -2.20. The first-order valence-electron chi connectivity index (χ1n) is 8.55. The van der Waals surface area contributed by atoms with E-state index in [1.165, 1.54) is 6.20 Å². The third-order valence-electron chi connectivity index (χ3n) is 4.92. The van der Waals surface area contributed by atoms with Gasteiger partial charge in [-0.2, -0.15) is 18.3 Å². The summed E-state index contributed by atoms with van der Waals surface area (Å²) in [5.74, 6) is -0.00425. The lowest BCUT2D eigenvalue weighted by Crippen LogP contribution is -2.51. The molecular formula is C16H19F3N6O. The van der Waals surface area contributed by atoms with Gasteiger partial charge in [0.15, 0.2) is 5.69 Å². The molecule has 2 aliphatic heterocycles. The van der Waals surface area contributed by atoms with Crippen molar-refractivity contribution in [2.45, 2.75) is 31.1 Å². The molecule has 26 heavy (non-hydrogen) atoms. The van der Waals surface area contributed by atoms with Crippen LogP contribution >= 0.6 is 0 Å². The first-order chi connectivity index (χ1) is 12.5. The van der Waals surface area contributed by atoms with Gasteiger partial charge >= 0.3 is 6.18 Å².